The number of hydrogen-bond acceptors (Lipinski definition) is 35. The summed E-state index contributed by atoms with van der Waals surface area (Å²) in [5.41, 5.74) is 0. The summed E-state index contributed by atoms with van der Waals surface area (Å²) in [5.74, 6) is -5.76. The summed E-state index contributed by atoms with van der Waals surface area (Å²) in [7, 11) is 0. The van der Waals surface area contributed by atoms with Crippen LogP contribution in [0.5, 0.6) is 0 Å². The minimum absolute atomic E-state index is 0.00497. The molecule has 0 unspecified atom stereocenters. The number of ether oxygens (including phenoxy) is 16. The van der Waals surface area contributed by atoms with Gasteiger partial charge < -0.3 is 169 Å². The van der Waals surface area contributed by atoms with Crippen LogP contribution < -0.4 is 47.9 Å². The van der Waals surface area contributed by atoms with Crippen LogP contribution in [-0.2, 0) is 119 Å². The number of carboxylic acid groups (broad SMARTS) is 1. The maximum absolute atomic E-state index is 14.1. The second-order valence-corrected chi connectivity index (χ2v) is 24.4. The topological polar surface area (TPSA) is 612 Å². The van der Waals surface area contributed by atoms with Crippen LogP contribution in [0.2, 0.25) is 0 Å². The first-order valence-corrected chi connectivity index (χ1v) is 35.6. The van der Waals surface area contributed by atoms with Crippen molar-refractivity contribution in [3.8, 4) is 0 Å². The van der Waals surface area contributed by atoms with E-state index in [2.05, 4.69) is 47.9 Å². The number of aliphatic carboxylic acids is 1. The summed E-state index contributed by atoms with van der Waals surface area (Å²) in [6.07, 6.45) is -16.6. The summed E-state index contributed by atoms with van der Waals surface area (Å²) in [5, 5.41) is 123. The van der Waals surface area contributed by atoms with Crippen molar-refractivity contribution in [1.82, 2.24) is 47.9 Å². The molecule has 0 aromatic rings. The van der Waals surface area contributed by atoms with Gasteiger partial charge in [-0.15, -0.1) is 0 Å². The van der Waals surface area contributed by atoms with Crippen molar-refractivity contribution in [2.75, 3.05) is 198 Å². The molecule has 0 aromatic heterocycles. The Hall–Kier alpha value is -5.81. The van der Waals surface area contributed by atoms with Gasteiger partial charge in [0.05, 0.1) is 158 Å². The zero-order valence-corrected chi connectivity index (χ0v) is 61.2. The van der Waals surface area contributed by atoms with Crippen molar-refractivity contribution in [3.05, 3.63) is 0 Å². The Morgan fingerprint density at radius 3 is 1.06 bits per heavy atom. The third-order valence-electron chi connectivity index (χ3n) is 15.7. The Bertz CT molecular complexity index is 2530. The van der Waals surface area contributed by atoms with E-state index in [0.717, 1.165) is 0 Å². The average Bonchev–Trinajstić information content (AvgIpc) is 0.822. The van der Waals surface area contributed by atoms with E-state index >= 15 is 0 Å². The molecule has 3 fully saturated rings. The largest absolute Gasteiger partial charge is 0.481 e. The van der Waals surface area contributed by atoms with Crippen LogP contribution in [0, 0.1) is 0 Å². The van der Waals surface area contributed by atoms with E-state index in [1.54, 1.807) is 0 Å². The quantitative estimate of drug-likeness (QED) is 0.0199. The van der Waals surface area contributed by atoms with Crippen molar-refractivity contribution < 1.29 is 170 Å². The van der Waals surface area contributed by atoms with E-state index in [1.165, 1.54) is 20.8 Å². The average molecular weight is 1570 g/mol. The SMILES string of the molecule is CC(=O)N[C@H]1[C@H](OCCOCCOCCOCC(=O)NCCCC[C@H](NC(=O)COCCOCCOCCO[C@@H]2O[C@H](CO)[C@H](O)[C@H](O)[C@H]2NC(C)=O)C(=O)N[C@@H](NCCCNC(=O)COCCOCCOCCO[C@@H]2O[C@H](CO)[C@H](O)[C@H](O)[C@H]2NC(C)=O)C(=O)NCCOCCC(=O)O)O[C@H](CO)[C@H](O)[C@@H]1O. The molecule has 0 radical (unpaired) electrons. The number of aliphatic hydroxyl groups excluding tert-OH is 9. The highest BCUT2D eigenvalue weighted by atomic mass is 16.7. The summed E-state index contributed by atoms with van der Waals surface area (Å²) in [4.78, 5) is 112. The molecular weight excluding hydrogens is 1450 g/mol. The summed E-state index contributed by atoms with van der Waals surface area (Å²) < 4.78 is 87.8. The van der Waals surface area contributed by atoms with Gasteiger partial charge >= 0.3 is 5.97 Å². The smallest absolute Gasteiger partial charge is 0.305 e. The lowest BCUT2D eigenvalue weighted by molar-refractivity contribution is -0.272. The van der Waals surface area contributed by atoms with Crippen LogP contribution in [0.1, 0.15) is 52.9 Å². The van der Waals surface area contributed by atoms with Crippen molar-refractivity contribution in [2.24, 2.45) is 0 Å². The lowest BCUT2D eigenvalue weighted by atomic mass is 9.97. The number of carbonyl (C=O) groups is 9. The number of aliphatic hydroxyl groups is 9. The van der Waals surface area contributed by atoms with Crippen molar-refractivity contribution in [1.29, 1.82) is 0 Å². The molecule has 0 aliphatic carbocycles. The van der Waals surface area contributed by atoms with Crippen molar-refractivity contribution >= 4 is 53.2 Å². The van der Waals surface area contributed by atoms with E-state index in [4.69, 9.17) is 80.9 Å². The van der Waals surface area contributed by atoms with Crippen LogP contribution in [0.3, 0.4) is 0 Å². The highest BCUT2D eigenvalue weighted by molar-refractivity contribution is 5.92. The summed E-state index contributed by atoms with van der Waals surface area (Å²) in [6.45, 7) is 1.80. The standard InChI is InChI=1S/C64H115N9O35/c1-39(77)69-50-56(88)53(85)43(33-74)106-62(50)103-30-27-97-18-15-94-21-24-100-36-46(80)65-9-5-4-7-42(72-48(82)38-102-26-23-96-17-20-99-29-32-105-64-52(71-41(3)79)58(90)55(87)45(35-76)108-64)60(91)73-59(61(92)68-12-14-93-13-8-49(83)84)67-11-6-10-66-47(81)37-101-25-22-95-16-19-98-28-31-104-63-51(70-40(2)78)57(89)54(86)44(34-75)107-63/h42-45,50-59,62-64,67,74-76,85-90H,4-38H2,1-3H3,(H,65,80)(H,66,81)(H,68,92)(H,69,77)(H,70,78)(H,71,79)(H,72,82)(H,73,91)(H,83,84)/t42-,43+,44+,45+,50+,51+,52+,53-,54-,55-,56+,57+,58+,59+,62+,63+,64+/m0/s1. The molecule has 626 valence electrons. The van der Waals surface area contributed by atoms with Crippen LogP contribution in [0.15, 0.2) is 0 Å². The minimum Gasteiger partial charge on any atom is -0.481 e. The maximum Gasteiger partial charge on any atom is 0.305 e. The molecule has 3 heterocycles. The van der Waals surface area contributed by atoms with Gasteiger partial charge in [-0.05, 0) is 32.2 Å². The van der Waals surface area contributed by atoms with E-state index in [9.17, 15) is 89.1 Å². The molecule has 3 aliphatic rings. The number of rotatable bonds is 62. The number of unbranched alkanes of at least 4 members (excludes halogenated alkanes) is 1. The zero-order valence-electron chi connectivity index (χ0n) is 61.2. The fraction of sp³-hybridized carbons (Fsp3) is 0.859. The number of carbonyl (C=O) groups excluding carboxylic acids is 8. The molecule has 3 saturated heterocycles. The van der Waals surface area contributed by atoms with E-state index in [-0.39, 0.29) is 197 Å². The van der Waals surface area contributed by atoms with Crippen LogP contribution >= 0.6 is 0 Å². The third kappa shape index (κ3) is 40.9. The van der Waals surface area contributed by atoms with E-state index < -0.39 is 184 Å². The molecule has 44 nitrogen and oxygen atoms in total. The number of hydrogen-bond donors (Lipinski definition) is 19. The third-order valence-corrected chi connectivity index (χ3v) is 15.7. The summed E-state index contributed by atoms with van der Waals surface area (Å²) in [6, 6.07) is -4.58. The lowest BCUT2D eigenvalue weighted by Crippen LogP contribution is -2.64. The van der Waals surface area contributed by atoms with Crippen molar-refractivity contribution in [3.63, 3.8) is 0 Å². The molecule has 3 aliphatic heterocycles. The second kappa shape index (κ2) is 58.1. The molecule has 17 atom stereocenters. The van der Waals surface area contributed by atoms with Gasteiger partial charge in [0.25, 0.3) is 5.91 Å². The van der Waals surface area contributed by atoms with Crippen LogP contribution in [-0.4, -0.2) is 406 Å². The lowest BCUT2D eigenvalue weighted by Gasteiger charge is -2.42. The predicted octanol–water partition coefficient (Wildman–Crippen LogP) is -11.1. The van der Waals surface area contributed by atoms with Crippen LogP contribution in [0.25, 0.3) is 0 Å². The zero-order chi connectivity index (χ0) is 79.4. The van der Waals surface area contributed by atoms with Gasteiger partial charge in [0, 0.05) is 40.4 Å². The predicted molar refractivity (Wildman–Crippen MR) is 364 cm³/mol. The maximum atomic E-state index is 14.1. The molecule has 0 bridgehead atoms. The first-order valence-electron chi connectivity index (χ1n) is 35.6. The van der Waals surface area contributed by atoms with Gasteiger partial charge in [-0.25, -0.2) is 0 Å². The molecule has 0 saturated carbocycles. The Kier molecular flexibility index (Phi) is 51.9. The van der Waals surface area contributed by atoms with Gasteiger partial charge in [-0.3, -0.25) is 48.5 Å². The Balaban J connectivity index is 1.46. The molecule has 19 N–H and O–H groups in total. The molecule has 44 heteroatoms. The Morgan fingerprint density at radius 1 is 0.361 bits per heavy atom. The number of amides is 8. The Labute approximate surface area is 624 Å². The highest BCUT2D eigenvalue weighted by Gasteiger charge is 2.48. The minimum atomic E-state index is -1.48. The fourth-order valence-electron chi connectivity index (χ4n) is 10.3. The van der Waals surface area contributed by atoms with Gasteiger partial charge in [-0.2, -0.15) is 0 Å². The van der Waals surface area contributed by atoms with Crippen molar-refractivity contribution in [2.45, 2.75) is 157 Å². The van der Waals surface area contributed by atoms with Gasteiger partial charge in [0.2, 0.25) is 41.4 Å². The molecule has 0 spiro atoms. The van der Waals surface area contributed by atoms with Crippen LogP contribution in [0.4, 0.5) is 0 Å². The van der Waals surface area contributed by atoms with E-state index in [1.807, 2.05) is 0 Å². The molecule has 0 aromatic carbocycles. The van der Waals surface area contributed by atoms with E-state index in [0.29, 0.717) is 6.42 Å². The molecule has 108 heavy (non-hydrogen) atoms. The van der Waals surface area contributed by atoms with Gasteiger partial charge in [-0.1, -0.05) is 0 Å². The first-order chi connectivity index (χ1) is 51.9. The highest BCUT2D eigenvalue weighted by Crippen LogP contribution is 2.25. The molecule has 3 rings (SSSR count). The second-order valence-electron chi connectivity index (χ2n) is 24.4. The van der Waals surface area contributed by atoms with Gasteiger partial charge in [0.15, 0.2) is 25.0 Å². The number of carboxylic acids is 1. The normalized spacial score (nSPS) is 24.7. The summed E-state index contributed by atoms with van der Waals surface area (Å²) >= 11 is 0. The monoisotopic (exact) mass is 1570 g/mol. The molecule has 8 amide bonds. The fourth-order valence-corrected chi connectivity index (χ4v) is 10.3. The molecular formula is C64H115N9O35. The first kappa shape index (κ1) is 96.4. The Morgan fingerprint density at radius 2 is 0.704 bits per heavy atom. The number of nitrogens with one attached hydrogen (secondary N) is 9. The van der Waals surface area contributed by atoms with Gasteiger partial charge in [0.1, 0.15) is 98.9 Å².